The normalized spacial score (nSPS) is 15.6. The van der Waals surface area contributed by atoms with Gasteiger partial charge in [-0.25, -0.2) is 10.9 Å². The molecule has 0 aliphatic heterocycles. The Kier molecular flexibility index (Phi) is 4.57. The van der Waals surface area contributed by atoms with Crippen LogP contribution in [0.25, 0.3) is 10.9 Å². The molecule has 1 aromatic carbocycles. The van der Waals surface area contributed by atoms with Crippen LogP contribution in [0.3, 0.4) is 0 Å². The quantitative estimate of drug-likeness (QED) is 0.513. The van der Waals surface area contributed by atoms with Crippen molar-refractivity contribution in [3.8, 4) is 0 Å². The summed E-state index contributed by atoms with van der Waals surface area (Å²) in [5, 5.41) is 1.86. The molecule has 1 saturated carbocycles. The molecule has 128 valence electrons. The highest BCUT2D eigenvalue weighted by atomic mass is 16.2. The number of benzene rings is 1. The van der Waals surface area contributed by atoms with E-state index < -0.39 is 5.91 Å². The van der Waals surface area contributed by atoms with Crippen LogP contribution in [0.2, 0.25) is 0 Å². The molecule has 0 saturated heterocycles. The molecule has 1 aliphatic carbocycles. The van der Waals surface area contributed by atoms with Crippen molar-refractivity contribution in [2.75, 3.05) is 5.01 Å². The first kappa shape index (κ1) is 16.5. The monoisotopic (exact) mass is 328 g/mol. The predicted octanol–water partition coefficient (Wildman–Crippen LogP) is 2.86. The molecule has 1 fully saturated rings. The van der Waals surface area contributed by atoms with Crippen molar-refractivity contribution in [3.05, 3.63) is 29.8 Å². The molecule has 1 aliphatic rings. The lowest BCUT2D eigenvalue weighted by atomic mass is 9.95. The molecule has 0 spiro atoms. The molecular weight excluding hydrogens is 304 g/mol. The average Bonchev–Trinajstić information content (AvgIpc) is 2.96. The van der Waals surface area contributed by atoms with Gasteiger partial charge < -0.3 is 10.3 Å². The van der Waals surface area contributed by atoms with Crippen LogP contribution in [0, 0.1) is 0 Å². The fourth-order valence-electron chi connectivity index (χ4n) is 3.73. The molecule has 0 bridgehead atoms. The molecular formula is C18H24N4O2. The third-order valence-electron chi connectivity index (χ3n) is 4.87. The summed E-state index contributed by atoms with van der Waals surface area (Å²) < 4.78 is 2.06. The third-order valence-corrected chi connectivity index (χ3v) is 4.87. The Morgan fingerprint density at radius 1 is 1.21 bits per heavy atom. The number of hydrogen-bond donors (Lipinski definition) is 2. The Morgan fingerprint density at radius 2 is 1.88 bits per heavy atom. The van der Waals surface area contributed by atoms with E-state index in [0.29, 0.717) is 11.4 Å². The van der Waals surface area contributed by atoms with E-state index >= 15 is 0 Å². The van der Waals surface area contributed by atoms with Crippen LogP contribution in [-0.4, -0.2) is 16.4 Å². The molecule has 0 radical (unpaired) electrons. The number of rotatable bonds is 4. The van der Waals surface area contributed by atoms with Crippen molar-refractivity contribution in [2.24, 2.45) is 11.6 Å². The van der Waals surface area contributed by atoms with Gasteiger partial charge in [-0.2, -0.15) is 0 Å². The smallest absolute Gasteiger partial charge is 0.253 e. The fourth-order valence-corrected chi connectivity index (χ4v) is 3.73. The summed E-state index contributed by atoms with van der Waals surface area (Å²) in [6.45, 7) is 1.75. The molecule has 1 aromatic heterocycles. The third kappa shape index (κ3) is 2.67. The molecule has 2 aromatic rings. The molecule has 0 unspecified atom stereocenters. The lowest BCUT2D eigenvalue weighted by Gasteiger charge is -2.29. The molecule has 3 rings (SSSR count). The van der Waals surface area contributed by atoms with Crippen molar-refractivity contribution >= 4 is 28.5 Å². The highest BCUT2D eigenvalue weighted by Gasteiger charge is 2.30. The van der Waals surface area contributed by atoms with Gasteiger partial charge in [-0.15, -0.1) is 0 Å². The van der Waals surface area contributed by atoms with E-state index in [1.54, 1.807) is 6.92 Å². The van der Waals surface area contributed by atoms with Gasteiger partial charge in [0.2, 0.25) is 5.91 Å². The number of anilines is 1. The van der Waals surface area contributed by atoms with E-state index in [-0.39, 0.29) is 18.4 Å². The Balaban J connectivity index is 2.29. The first-order valence-corrected chi connectivity index (χ1v) is 8.56. The topological polar surface area (TPSA) is 94.3 Å². The number of hydrogen-bond acceptors (Lipinski definition) is 3. The van der Waals surface area contributed by atoms with Crippen LogP contribution in [0.15, 0.2) is 24.3 Å². The number of amides is 2. The second-order valence-corrected chi connectivity index (χ2v) is 6.36. The number of nitrogens with two attached hydrogens (primary N) is 2. The van der Waals surface area contributed by atoms with Gasteiger partial charge in [0.25, 0.3) is 5.91 Å². The predicted molar refractivity (Wildman–Crippen MR) is 94.5 cm³/mol. The second-order valence-electron chi connectivity index (χ2n) is 6.36. The van der Waals surface area contributed by atoms with Gasteiger partial charge in [0.05, 0.1) is 11.1 Å². The zero-order valence-electron chi connectivity index (χ0n) is 14.0. The Hall–Kier alpha value is -2.34. The zero-order chi connectivity index (χ0) is 17.3. The number of carbonyl (C=O) groups excluding carboxylic acids is 2. The minimum atomic E-state index is -0.560. The van der Waals surface area contributed by atoms with E-state index in [4.69, 9.17) is 11.6 Å². The minimum absolute atomic E-state index is 0.224. The first-order valence-electron chi connectivity index (χ1n) is 8.56. The summed E-state index contributed by atoms with van der Waals surface area (Å²) in [6.07, 6.45) is 5.77. The number of nitrogens with zero attached hydrogens (tertiary/aromatic N) is 2. The number of aromatic nitrogens is 1. The lowest BCUT2D eigenvalue weighted by Crippen LogP contribution is -2.40. The standard InChI is InChI=1S/C18H24N4O2/c1-2-15(23)22(20)18-16(17(19)24)13-10-6-7-11-14(13)21(18)12-8-4-3-5-9-12/h6-7,10-12H,2-5,8-9,20H2,1H3,(H2,19,24). The molecule has 1 heterocycles. The Labute approximate surface area is 141 Å². The van der Waals surface area contributed by atoms with E-state index in [9.17, 15) is 9.59 Å². The number of hydrazine groups is 1. The van der Waals surface area contributed by atoms with Gasteiger partial charge in [-0.1, -0.05) is 44.4 Å². The van der Waals surface area contributed by atoms with Crippen LogP contribution in [0.4, 0.5) is 5.82 Å². The summed E-state index contributed by atoms with van der Waals surface area (Å²) in [6, 6.07) is 7.85. The fraction of sp³-hybridized carbons (Fsp3) is 0.444. The summed E-state index contributed by atoms with van der Waals surface area (Å²) in [7, 11) is 0. The van der Waals surface area contributed by atoms with Gasteiger partial charge in [-0.05, 0) is 18.9 Å². The van der Waals surface area contributed by atoms with E-state index in [2.05, 4.69) is 4.57 Å². The lowest BCUT2D eigenvalue weighted by molar-refractivity contribution is -0.118. The van der Waals surface area contributed by atoms with Crippen molar-refractivity contribution < 1.29 is 9.59 Å². The zero-order valence-corrected chi connectivity index (χ0v) is 14.0. The van der Waals surface area contributed by atoms with Crippen LogP contribution < -0.4 is 16.6 Å². The van der Waals surface area contributed by atoms with Crippen LogP contribution >= 0.6 is 0 Å². The highest BCUT2D eigenvalue weighted by molar-refractivity contribution is 6.13. The summed E-state index contributed by atoms with van der Waals surface area (Å²) in [5.74, 6) is 5.75. The number of fused-ring (bicyclic) bond motifs is 1. The van der Waals surface area contributed by atoms with E-state index in [1.807, 2.05) is 24.3 Å². The largest absolute Gasteiger partial charge is 0.365 e. The summed E-state index contributed by atoms with van der Waals surface area (Å²) in [4.78, 5) is 24.4. The average molecular weight is 328 g/mol. The Morgan fingerprint density at radius 3 is 2.50 bits per heavy atom. The SMILES string of the molecule is CCC(=O)N(N)c1c(C(N)=O)c2ccccc2n1C1CCCCC1. The number of carbonyl (C=O) groups is 2. The van der Waals surface area contributed by atoms with Crippen molar-refractivity contribution in [1.29, 1.82) is 0 Å². The van der Waals surface area contributed by atoms with Gasteiger partial charge in [0, 0.05) is 17.8 Å². The molecule has 6 nitrogen and oxygen atoms in total. The van der Waals surface area contributed by atoms with Crippen molar-refractivity contribution in [3.63, 3.8) is 0 Å². The van der Waals surface area contributed by atoms with E-state index in [0.717, 1.165) is 41.6 Å². The van der Waals surface area contributed by atoms with Gasteiger partial charge >= 0.3 is 0 Å². The van der Waals surface area contributed by atoms with Crippen molar-refractivity contribution in [2.45, 2.75) is 51.5 Å². The van der Waals surface area contributed by atoms with Gasteiger partial charge in [-0.3, -0.25) is 9.59 Å². The molecule has 6 heteroatoms. The van der Waals surface area contributed by atoms with E-state index in [1.165, 1.54) is 6.42 Å². The maximum Gasteiger partial charge on any atom is 0.253 e. The number of para-hydroxylation sites is 1. The van der Waals surface area contributed by atoms with Gasteiger partial charge in [0.15, 0.2) is 0 Å². The summed E-state index contributed by atoms with van der Waals surface area (Å²) in [5.41, 5.74) is 6.90. The van der Waals surface area contributed by atoms with Crippen LogP contribution in [0.5, 0.6) is 0 Å². The highest BCUT2D eigenvalue weighted by Crippen LogP contribution is 2.39. The number of primary amides is 1. The second kappa shape index (κ2) is 6.65. The maximum atomic E-state index is 12.2. The first-order chi connectivity index (χ1) is 11.6. The van der Waals surface area contributed by atoms with Gasteiger partial charge in [0.1, 0.15) is 5.82 Å². The molecule has 4 N–H and O–H groups in total. The molecule has 24 heavy (non-hydrogen) atoms. The van der Waals surface area contributed by atoms with Crippen LogP contribution in [0.1, 0.15) is 61.8 Å². The molecule has 2 amide bonds. The minimum Gasteiger partial charge on any atom is -0.365 e. The Bertz CT molecular complexity index is 775. The summed E-state index contributed by atoms with van der Waals surface area (Å²) >= 11 is 0. The molecule has 0 atom stereocenters. The maximum absolute atomic E-state index is 12.2. The van der Waals surface area contributed by atoms with Crippen molar-refractivity contribution in [1.82, 2.24) is 4.57 Å². The van der Waals surface area contributed by atoms with Crippen LogP contribution in [-0.2, 0) is 4.79 Å².